The number of pyridine rings is 3. The Labute approximate surface area is 209 Å². The zero-order chi connectivity index (χ0) is 24.3. The quantitative estimate of drug-likeness (QED) is 0.229. The van der Waals surface area contributed by atoms with Gasteiger partial charge in [-0.15, -0.1) is 0 Å². The van der Waals surface area contributed by atoms with Crippen LogP contribution in [0.25, 0.3) is 33.3 Å². The van der Waals surface area contributed by atoms with E-state index in [1.807, 2.05) is 24.3 Å². The Bertz CT molecular complexity index is 1500. The lowest BCUT2D eigenvalue weighted by molar-refractivity contribution is 0.105. The van der Waals surface area contributed by atoms with Gasteiger partial charge in [-0.1, -0.05) is 61.0 Å². The molecule has 5 heteroatoms. The van der Waals surface area contributed by atoms with Crippen molar-refractivity contribution in [2.24, 2.45) is 0 Å². The number of aromatic nitrogens is 3. The highest BCUT2D eigenvalue weighted by Gasteiger charge is 2.20. The summed E-state index contributed by atoms with van der Waals surface area (Å²) in [7, 11) is 0. The topological polar surface area (TPSA) is 47.9 Å². The Morgan fingerprint density at radius 2 is 1.61 bits per heavy atom. The van der Waals surface area contributed by atoms with Gasteiger partial charge >= 0.3 is 0 Å². The first kappa shape index (κ1) is 22.5. The number of benzene rings is 2. The maximum Gasteiger partial charge on any atom is 0.213 e. The first-order valence-corrected chi connectivity index (χ1v) is 12.4. The molecule has 0 aliphatic heterocycles. The number of hydrogen-bond donors (Lipinski definition) is 0. The SMILES string of the molecule is Fc1cc(COCc2nccc3nc(-c4ccc(C5CCC5)cc4)c(-c4ccccc4)cc23)ccn1. The molecule has 1 aliphatic rings. The average molecular weight is 476 g/mol. The monoisotopic (exact) mass is 475 g/mol. The van der Waals surface area contributed by atoms with E-state index in [9.17, 15) is 4.39 Å². The van der Waals surface area contributed by atoms with Crippen molar-refractivity contribution >= 4 is 10.9 Å². The molecule has 0 spiro atoms. The Morgan fingerprint density at radius 1 is 0.806 bits per heavy atom. The van der Waals surface area contributed by atoms with Crippen molar-refractivity contribution < 1.29 is 9.13 Å². The molecule has 3 aromatic heterocycles. The van der Waals surface area contributed by atoms with E-state index in [0.29, 0.717) is 12.5 Å². The lowest BCUT2D eigenvalue weighted by Gasteiger charge is -2.25. The zero-order valence-corrected chi connectivity index (χ0v) is 19.9. The number of hydrogen-bond acceptors (Lipinski definition) is 4. The maximum atomic E-state index is 13.4. The molecular formula is C31H26FN3O. The Balaban J connectivity index is 1.37. The van der Waals surface area contributed by atoms with Crippen molar-refractivity contribution in [2.45, 2.75) is 38.4 Å². The van der Waals surface area contributed by atoms with Gasteiger partial charge < -0.3 is 4.74 Å². The zero-order valence-electron chi connectivity index (χ0n) is 19.9. The summed E-state index contributed by atoms with van der Waals surface area (Å²) < 4.78 is 19.3. The van der Waals surface area contributed by atoms with Crippen molar-refractivity contribution in [1.82, 2.24) is 15.0 Å². The lowest BCUT2D eigenvalue weighted by atomic mass is 9.80. The van der Waals surface area contributed by atoms with E-state index >= 15 is 0 Å². The molecule has 178 valence electrons. The minimum atomic E-state index is -0.510. The second kappa shape index (κ2) is 9.96. The molecule has 36 heavy (non-hydrogen) atoms. The van der Waals surface area contributed by atoms with Gasteiger partial charge in [-0.05, 0) is 59.7 Å². The molecule has 1 saturated carbocycles. The van der Waals surface area contributed by atoms with Gasteiger partial charge in [0.2, 0.25) is 5.95 Å². The normalized spacial score (nSPS) is 13.6. The predicted octanol–water partition coefficient (Wildman–Crippen LogP) is 7.48. The molecular weight excluding hydrogens is 449 g/mol. The highest BCUT2D eigenvalue weighted by molar-refractivity contribution is 5.92. The molecule has 0 radical (unpaired) electrons. The maximum absolute atomic E-state index is 13.4. The highest BCUT2D eigenvalue weighted by atomic mass is 19.1. The fourth-order valence-electron chi connectivity index (χ4n) is 4.78. The van der Waals surface area contributed by atoms with Gasteiger partial charge in [0, 0.05) is 28.9 Å². The largest absolute Gasteiger partial charge is 0.370 e. The third-order valence-electron chi connectivity index (χ3n) is 6.97. The number of ether oxygens (including phenoxy) is 1. The lowest BCUT2D eigenvalue weighted by Crippen LogP contribution is -2.08. The molecule has 0 saturated heterocycles. The fourth-order valence-corrected chi connectivity index (χ4v) is 4.78. The first-order chi connectivity index (χ1) is 17.7. The third kappa shape index (κ3) is 4.62. The van der Waals surface area contributed by atoms with Crippen molar-refractivity contribution in [1.29, 1.82) is 0 Å². The first-order valence-electron chi connectivity index (χ1n) is 12.4. The van der Waals surface area contributed by atoms with Crippen LogP contribution in [0.2, 0.25) is 0 Å². The van der Waals surface area contributed by atoms with Crippen molar-refractivity contribution in [2.75, 3.05) is 0 Å². The van der Waals surface area contributed by atoms with Gasteiger partial charge in [-0.3, -0.25) is 4.98 Å². The Hall–Kier alpha value is -3.96. The van der Waals surface area contributed by atoms with Gasteiger partial charge in [0.25, 0.3) is 0 Å². The third-order valence-corrected chi connectivity index (χ3v) is 6.97. The summed E-state index contributed by atoms with van der Waals surface area (Å²) in [6.07, 6.45) is 7.12. The van der Waals surface area contributed by atoms with E-state index in [2.05, 4.69) is 52.4 Å². The van der Waals surface area contributed by atoms with Crippen LogP contribution in [0.5, 0.6) is 0 Å². The predicted molar refractivity (Wildman–Crippen MR) is 140 cm³/mol. The molecule has 0 N–H and O–H groups in total. The smallest absolute Gasteiger partial charge is 0.213 e. The molecule has 0 bridgehead atoms. The van der Waals surface area contributed by atoms with Gasteiger partial charge in [0.15, 0.2) is 0 Å². The van der Waals surface area contributed by atoms with Crippen LogP contribution < -0.4 is 0 Å². The summed E-state index contributed by atoms with van der Waals surface area (Å²) in [5.41, 5.74) is 8.06. The van der Waals surface area contributed by atoms with Crippen molar-refractivity contribution in [3.63, 3.8) is 0 Å². The van der Waals surface area contributed by atoms with Gasteiger partial charge in [0.1, 0.15) is 0 Å². The van der Waals surface area contributed by atoms with Gasteiger partial charge in [0.05, 0.1) is 30.1 Å². The van der Waals surface area contributed by atoms with Crippen LogP contribution in [0.15, 0.2) is 91.3 Å². The van der Waals surface area contributed by atoms with E-state index in [1.54, 1.807) is 12.3 Å². The highest BCUT2D eigenvalue weighted by Crippen LogP contribution is 2.38. The number of rotatable bonds is 7. The molecule has 5 aromatic rings. The average Bonchev–Trinajstić information content (AvgIpc) is 2.88. The van der Waals surface area contributed by atoms with Crippen LogP contribution >= 0.6 is 0 Å². The molecule has 3 heterocycles. The van der Waals surface area contributed by atoms with E-state index in [4.69, 9.17) is 9.72 Å². The van der Waals surface area contributed by atoms with Gasteiger partial charge in [-0.25, -0.2) is 9.97 Å². The summed E-state index contributed by atoms with van der Waals surface area (Å²) in [5.74, 6) is 0.193. The van der Waals surface area contributed by atoms with Crippen molar-refractivity contribution in [3.8, 4) is 22.4 Å². The molecule has 6 rings (SSSR count). The molecule has 0 atom stereocenters. The van der Waals surface area contributed by atoms with Crippen LogP contribution in [-0.4, -0.2) is 15.0 Å². The summed E-state index contributed by atoms with van der Waals surface area (Å²) in [6.45, 7) is 0.578. The summed E-state index contributed by atoms with van der Waals surface area (Å²) in [5, 5.41) is 0.951. The fraction of sp³-hybridized carbons (Fsp3) is 0.194. The van der Waals surface area contributed by atoms with E-state index in [-0.39, 0.29) is 6.61 Å². The molecule has 1 fully saturated rings. The van der Waals surface area contributed by atoms with Crippen LogP contribution in [0.4, 0.5) is 4.39 Å². The summed E-state index contributed by atoms with van der Waals surface area (Å²) >= 11 is 0. The van der Waals surface area contributed by atoms with Crippen LogP contribution in [0.1, 0.15) is 42.0 Å². The van der Waals surface area contributed by atoms with Crippen LogP contribution in [-0.2, 0) is 18.0 Å². The Morgan fingerprint density at radius 3 is 2.36 bits per heavy atom. The van der Waals surface area contributed by atoms with E-state index in [1.165, 1.54) is 37.1 Å². The number of fused-ring (bicyclic) bond motifs is 1. The van der Waals surface area contributed by atoms with Crippen molar-refractivity contribution in [3.05, 3.63) is 114 Å². The molecule has 1 aliphatic carbocycles. The molecule has 0 unspecified atom stereocenters. The van der Waals surface area contributed by atoms with E-state index < -0.39 is 5.95 Å². The minimum Gasteiger partial charge on any atom is -0.370 e. The molecule has 4 nitrogen and oxygen atoms in total. The second-order valence-corrected chi connectivity index (χ2v) is 9.30. The minimum absolute atomic E-state index is 0.280. The van der Waals surface area contributed by atoms with Crippen LogP contribution in [0.3, 0.4) is 0 Å². The van der Waals surface area contributed by atoms with E-state index in [0.717, 1.165) is 44.5 Å². The summed E-state index contributed by atoms with van der Waals surface area (Å²) in [4.78, 5) is 13.3. The van der Waals surface area contributed by atoms with Crippen LogP contribution in [0, 0.1) is 5.95 Å². The number of halogens is 1. The summed E-state index contributed by atoms with van der Waals surface area (Å²) in [6, 6.07) is 26.5. The van der Waals surface area contributed by atoms with Gasteiger partial charge in [-0.2, -0.15) is 4.39 Å². The molecule has 2 aromatic carbocycles. The standard InChI is InChI=1S/C31H26FN3O/c32-30-17-21(13-15-34-30)19-36-20-29-27-18-26(24-5-2-1-3-6-24)31(35-28(27)14-16-33-29)25-11-9-23(10-12-25)22-7-4-8-22/h1-3,5-6,9-18,22H,4,7-8,19-20H2. The number of nitrogens with zero attached hydrogens (tertiary/aromatic N) is 3. The molecule has 0 amide bonds. The second-order valence-electron chi connectivity index (χ2n) is 9.30. The Kier molecular flexibility index (Phi) is 6.22.